The average Bonchev–Trinajstić information content (AvgIpc) is 3.27. The van der Waals surface area contributed by atoms with Crippen LogP contribution >= 0.6 is 0 Å². The molecule has 0 saturated carbocycles. The van der Waals surface area contributed by atoms with Gasteiger partial charge in [-0.3, -0.25) is 4.79 Å². The number of rotatable bonds is 3. The molecule has 2 saturated heterocycles. The number of nitrogens with zero attached hydrogens (tertiary/aromatic N) is 1. The molecule has 2 aliphatic rings. The molecule has 1 amide bonds. The largest absolute Gasteiger partial charge is 0.508 e. The molecule has 0 unspecified atom stereocenters. The van der Waals surface area contributed by atoms with E-state index >= 15 is 0 Å². The van der Waals surface area contributed by atoms with Crippen LogP contribution in [0.25, 0.3) is 0 Å². The number of aromatic hydroxyl groups is 1. The Kier molecular flexibility index (Phi) is 4.77. The van der Waals surface area contributed by atoms with Gasteiger partial charge in [0, 0.05) is 31.1 Å². The fourth-order valence-corrected chi connectivity index (χ4v) is 4.38. The zero-order valence-electron chi connectivity index (χ0n) is 15.4. The third kappa shape index (κ3) is 3.22. The van der Waals surface area contributed by atoms with E-state index in [0.717, 1.165) is 18.7 Å². The van der Waals surface area contributed by atoms with Gasteiger partial charge in [-0.25, -0.2) is 9.18 Å². The second kappa shape index (κ2) is 7.24. The van der Waals surface area contributed by atoms with Crippen molar-refractivity contribution in [2.75, 3.05) is 26.7 Å². The summed E-state index contributed by atoms with van der Waals surface area (Å²) < 4.78 is 18.5. The second-order valence-corrected chi connectivity index (χ2v) is 7.30. The molecular formula is C21H21FN2O4. The normalized spacial score (nSPS) is 23.5. The molecule has 28 heavy (non-hydrogen) atoms. The van der Waals surface area contributed by atoms with E-state index in [1.54, 1.807) is 11.0 Å². The van der Waals surface area contributed by atoms with Gasteiger partial charge in [0.25, 0.3) is 5.91 Å². The van der Waals surface area contributed by atoms with Crippen molar-refractivity contribution in [1.82, 2.24) is 10.2 Å². The highest BCUT2D eigenvalue weighted by Crippen LogP contribution is 2.43. The number of fused-ring (bicyclic) bond motifs is 1. The Bertz CT molecular complexity index is 932. The number of phenols is 1. The van der Waals surface area contributed by atoms with Crippen LogP contribution in [-0.4, -0.2) is 48.6 Å². The van der Waals surface area contributed by atoms with E-state index in [2.05, 4.69) is 5.32 Å². The smallest absolute Gasteiger partial charge is 0.338 e. The summed E-state index contributed by atoms with van der Waals surface area (Å²) in [5.41, 5.74) is 1.06. The van der Waals surface area contributed by atoms with Gasteiger partial charge in [0.2, 0.25) is 0 Å². The minimum absolute atomic E-state index is 0.106. The number of benzene rings is 2. The van der Waals surface area contributed by atoms with E-state index in [1.807, 2.05) is 6.07 Å². The highest BCUT2D eigenvalue weighted by molar-refractivity contribution is 5.99. The molecular weight excluding hydrogens is 363 g/mol. The fraction of sp³-hybridized carbons (Fsp3) is 0.333. The number of nitrogens with one attached hydrogen (secondary N) is 1. The minimum atomic E-state index is -0.630. The van der Waals surface area contributed by atoms with Gasteiger partial charge in [-0.05, 0) is 41.8 Å². The van der Waals surface area contributed by atoms with Gasteiger partial charge in [0.05, 0.1) is 18.7 Å². The number of halogens is 1. The van der Waals surface area contributed by atoms with Crippen molar-refractivity contribution in [3.05, 3.63) is 65.0 Å². The number of likely N-dealkylation sites (tertiary alicyclic amines) is 1. The summed E-state index contributed by atoms with van der Waals surface area (Å²) >= 11 is 0. The number of carbonyl (C=O) groups excluding carboxylic acids is 2. The molecule has 0 bridgehead atoms. The first kappa shape index (κ1) is 18.4. The van der Waals surface area contributed by atoms with Gasteiger partial charge < -0.3 is 20.1 Å². The predicted molar refractivity (Wildman–Crippen MR) is 99.5 cm³/mol. The number of hydrogen-bond donors (Lipinski definition) is 2. The summed E-state index contributed by atoms with van der Waals surface area (Å²) in [5, 5.41) is 13.3. The van der Waals surface area contributed by atoms with Gasteiger partial charge in [0.1, 0.15) is 11.6 Å². The molecule has 0 spiro atoms. The number of carbonyl (C=O) groups is 2. The summed E-state index contributed by atoms with van der Waals surface area (Å²) in [5.74, 6) is -1.00. The summed E-state index contributed by atoms with van der Waals surface area (Å²) in [4.78, 5) is 26.9. The second-order valence-electron chi connectivity index (χ2n) is 7.30. The van der Waals surface area contributed by atoms with Crippen molar-refractivity contribution in [3.8, 4) is 5.75 Å². The maximum Gasteiger partial charge on any atom is 0.338 e. The first-order chi connectivity index (χ1) is 13.5. The van der Waals surface area contributed by atoms with Crippen LogP contribution in [-0.2, 0) is 4.74 Å². The van der Waals surface area contributed by atoms with Crippen molar-refractivity contribution in [2.45, 2.75) is 6.04 Å². The molecule has 146 valence electrons. The lowest BCUT2D eigenvalue weighted by atomic mass is 9.89. The Balaban J connectivity index is 1.71. The maximum atomic E-state index is 13.8. The highest BCUT2D eigenvalue weighted by Gasteiger charge is 2.47. The van der Waals surface area contributed by atoms with E-state index in [4.69, 9.17) is 4.74 Å². The molecule has 0 aromatic heterocycles. The molecule has 2 aromatic carbocycles. The summed E-state index contributed by atoms with van der Waals surface area (Å²) in [6.07, 6.45) is 0. The summed E-state index contributed by atoms with van der Waals surface area (Å²) in [7, 11) is 1.24. The highest BCUT2D eigenvalue weighted by atomic mass is 19.1. The van der Waals surface area contributed by atoms with Crippen molar-refractivity contribution in [3.63, 3.8) is 0 Å². The predicted octanol–water partition coefficient (Wildman–Crippen LogP) is 2.35. The third-order valence-corrected chi connectivity index (χ3v) is 5.60. The topological polar surface area (TPSA) is 78.9 Å². The van der Waals surface area contributed by atoms with Crippen LogP contribution in [0.15, 0.2) is 42.5 Å². The van der Waals surface area contributed by atoms with E-state index < -0.39 is 5.97 Å². The van der Waals surface area contributed by atoms with Crippen LogP contribution in [0.1, 0.15) is 32.3 Å². The lowest BCUT2D eigenvalue weighted by Crippen LogP contribution is -2.34. The molecule has 7 heteroatoms. The molecule has 2 fully saturated rings. The van der Waals surface area contributed by atoms with Crippen molar-refractivity contribution in [1.29, 1.82) is 0 Å². The monoisotopic (exact) mass is 384 g/mol. The van der Waals surface area contributed by atoms with Crippen molar-refractivity contribution < 1.29 is 23.8 Å². The molecule has 2 heterocycles. The number of esters is 1. The van der Waals surface area contributed by atoms with E-state index in [0.29, 0.717) is 6.54 Å². The number of amides is 1. The molecule has 2 N–H and O–H groups in total. The van der Waals surface area contributed by atoms with Crippen LogP contribution in [0, 0.1) is 17.7 Å². The Morgan fingerprint density at radius 2 is 1.96 bits per heavy atom. The average molecular weight is 384 g/mol. The zero-order valence-corrected chi connectivity index (χ0v) is 15.4. The number of phenolic OH excluding ortho intramolecular Hbond substituents is 1. The lowest BCUT2D eigenvalue weighted by Gasteiger charge is -2.28. The fourth-order valence-electron chi connectivity index (χ4n) is 4.38. The van der Waals surface area contributed by atoms with Crippen LogP contribution in [0.2, 0.25) is 0 Å². The number of methoxy groups -OCH3 is 1. The summed E-state index contributed by atoms with van der Waals surface area (Å²) in [6.45, 7) is 2.08. The van der Waals surface area contributed by atoms with E-state index in [-0.39, 0.29) is 46.5 Å². The molecule has 4 rings (SSSR count). The van der Waals surface area contributed by atoms with Gasteiger partial charge in [-0.1, -0.05) is 12.1 Å². The van der Waals surface area contributed by atoms with Crippen molar-refractivity contribution in [2.24, 2.45) is 11.8 Å². The maximum absolute atomic E-state index is 13.8. The zero-order chi connectivity index (χ0) is 19.8. The minimum Gasteiger partial charge on any atom is -0.508 e. The Morgan fingerprint density at radius 3 is 2.71 bits per heavy atom. The summed E-state index contributed by atoms with van der Waals surface area (Å²) in [6, 6.07) is 10.1. The first-order valence-corrected chi connectivity index (χ1v) is 9.17. The molecule has 6 nitrogen and oxygen atoms in total. The number of hydrogen-bond acceptors (Lipinski definition) is 5. The third-order valence-electron chi connectivity index (χ3n) is 5.60. The SMILES string of the molecule is COC(=O)c1cc(O)cc(C(=O)N2C[C@@H]3CNC[C@@H]3[C@@H]2c2cccc(F)c2)c1. The van der Waals surface area contributed by atoms with Crippen LogP contribution in [0.4, 0.5) is 4.39 Å². The van der Waals surface area contributed by atoms with E-state index in [9.17, 15) is 19.1 Å². The van der Waals surface area contributed by atoms with E-state index in [1.165, 1.54) is 37.4 Å². The molecule has 2 aliphatic heterocycles. The Hall–Kier alpha value is -2.93. The molecule has 0 radical (unpaired) electrons. The Labute approximate surface area is 161 Å². The van der Waals surface area contributed by atoms with Crippen molar-refractivity contribution >= 4 is 11.9 Å². The van der Waals surface area contributed by atoms with Gasteiger partial charge in [-0.2, -0.15) is 0 Å². The van der Waals surface area contributed by atoms with Crippen LogP contribution in [0.5, 0.6) is 5.75 Å². The van der Waals surface area contributed by atoms with Gasteiger partial charge in [0.15, 0.2) is 0 Å². The number of ether oxygens (including phenoxy) is 1. The quantitative estimate of drug-likeness (QED) is 0.795. The molecule has 2 aromatic rings. The van der Waals surface area contributed by atoms with Gasteiger partial charge >= 0.3 is 5.97 Å². The molecule has 0 aliphatic carbocycles. The molecule has 3 atom stereocenters. The lowest BCUT2D eigenvalue weighted by molar-refractivity contribution is 0.0600. The van der Waals surface area contributed by atoms with Gasteiger partial charge in [-0.15, -0.1) is 0 Å². The Morgan fingerprint density at radius 1 is 1.18 bits per heavy atom. The first-order valence-electron chi connectivity index (χ1n) is 9.17. The standard InChI is InChI=1S/C21H21FN2O4/c1-28-21(27)14-5-13(7-17(25)8-14)20(26)24-11-15-9-23-10-18(15)19(24)12-3-2-4-16(22)6-12/h2-8,15,18-19,23,25H,9-11H2,1H3/t15-,18-,19-/m0/s1. The van der Waals surface area contributed by atoms with Crippen LogP contribution < -0.4 is 5.32 Å². The van der Waals surface area contributed by atoms with Crippen LogP contribution in [0.3, 0.4) is 0 Å².